The molecule has 3 amide bonds. The lowest BCUT2D eigenvalue weighted by atomic mass is 9.96. The van der Waals surface area contributed by atoms with E-state index >= 15 is 0 Å². The predicted octanol–water partition coefficient (Wildman–Crippen LogP) is 1.70. The Hall–Kier alpha value is -2.31. The lowest BCUT2D eigenvalue weighted by Crippen LogP contribution is -2.52. The largest absolute Gasteiger partial charge is 0.369 e. The van der Waals surface area contributed by atoms with Gasteiger partial charge in [0.25, 0.3) is 0 Å². The molecule has 0 aliphatic carbocycles. The van der Waals surface area contributed by atoms with Crippen LogP contribution in [0.25, 0.3) is 0 Å². The van der Waals surface area contributed by atoms with E-state index in [1.807, 2.05) is 6.07 Å². The fourth-order valence-corrected chi connectivity index (χ4v) is 3.71. The highest BCUT2D eigenvalue weighted by molar-refractivity contribution is 5.80. The van der Waals surface area contributed by atoms with Crippen molar-refractivity contribution in [3.8, 4) is 0 Å². The predicted molar refractivity (Wildman–Crippen MR) is 93.7 cm³/mol. The maximum atomic E-state index is 13.4. The molecule has 3 N–H and O–H groups in total. The summed E-state index contributed by atoms with van der Waals surface area (Å²) in [5, 5.41) is 3.11. The molecule has 136 valence electrons. The Labute approximate surface area is 147 Å². The number of benzene rings is 1. The highest BCUT2D eigenvalue weighted by Gasteiger charge is 2.30. The Kier molecular flexibility index (Phi) is 5.40. The number of rotatable bonds is 3. The topological polar surface area (TPSA) is 78.7 Å². The van der Waals surface area contributed by atoms with Crippen LogP contribution in [0, 0.1) is 11.7 Å². The first-order valence-corrected chi connectivity index (χ1v) is 8.88. The van der Waals surface area contributed by atoms with E-state index in [4.69, 9.17) is 5.73 Å². The van der Waals surface area contributed by atoms with E-state index in [0.29, 0.717) is 19.6 Å². The van der Waals surface area contributed by atoms with Gasteiger partial charge in [0.15, 0.2) is 0 Å². The molecule has 3 rings (SSSR count). The van der Waals surface area contributed by atoms with Crippen molar-refractivity contribution in [3.63, 3.8) is 0 Å². The SMILES string of the molecule is NC(=O)N1CCC[C@H](C(=O)N[C@H]2CCCN(c3cccc(F)c3)C2)C1. The number of piperidine rings is 2. The fourth-order valence-electron chi connectivity index (χ4n) is 3.71. The standard InChI is InChI=1S/C18H25FN4O2/c19-14-5-1-7-16(10-14)22-8-3-6-15(12-22)21-17(24)13-4-2-9-23(11-13)18(20)25/h1,5,7,10,13,15H,2-4,6,8-9,11-12H2,(H2,20,25)(H,21,24)/t13-,15-/m0/s1. The van der Waals surface area contributed by atoms with Gasteiger partial charge in [-0.2, -0.15) is 0 Å². The zero-order chi connectivity index (χ0) is 17.8. The first-order valence-electron chi connectivity index (χ1n) is 8.88. The lowest BCUT2D eigenvalue weighted by Gasteiger charge is -2.36. The molecule has 0 unspecified atom stereocenters. The number of hydrogen-bond acceptors (Lipinski definition) is 3. The summed E-state index contributed by atoms with van der Waals surface area (Å²) in [7, 11) is 0. The van der Waals surface area contributed by atoms with Gasteiger partial charge >= 0.3 is 6.03 Å². The van der Waals surface area contributed by atoms with Crippen LogP contribution in [0.4, 0.5) is 14.9 Å². The molecule has 0 saturated carbocycles. The van der Waals surface area contributed by atoms with Gasteiger partial charge < -0.3 is 20.9 Å². The average molecular weight is 348 g/mol. The fraction of sp³-hybridized carbons (Fsp3) is 0.556. The first-order chi connectivity index (χ1) is 12.0. The number of amides is 3. The maximum absolute atomic E-state index is 13.4. The number of anilines is 1. The highest BCUT2D eigenvalue weighted by atomic mass is 19.1. The van der Waals surface area contributed by atoms with Gasteiger partial charge in [0.1, 0.15) is 5.82 Å². The lowest BCUT2D eigenvalue weighted by molar-refractivity contribution is -0.127. The number of carbonyl (C=O) groups excluding carboxylic acids is 2. The van der Waals surface area contributed by atoms with Crippen LogP contribution >= 0.6 is 0 Å². The molecule has 0 aromatic heterocycles. The van der Waals surface area contributed by atoms with E-state index < -0.39 is 6.03 Å². The Balaban J connectivity index is 1.57. The van der Waals surface area contributed by atoms with E-state index in [-0.39, 0.29) is 23.7 Å². The minimum atomic E-state index is -0.465. The second-order valence-corrected chi connectivity index (χ2v) is 6.90. The molecular weight excluding hydrogens is 323 g/mol. The minimum absolute atomic E-state index is 0.0166. The van der Waals surface area contributed by atoms with Crippen LogP contribution in [-0.4, -0.2) is 49.1 Å². The maximum Gasteiger partial charge on any atom is 0.314 e. The van der Waals surface area contributed by atoms with Gasteiger partial charge in [-0.05, 0) is 43.9 Å². The summed E-state index contributed by atoms with van der Waals surface area (Å²) in [6.07, 6.45) is 3.42. The number of nitrogens with zero attached hydrogens (tertiary/aromatic N) is 2. The van der Waals surface area contributed by atoms with Gasteiger partial charge in [0.2, 0.25) is 5.91 Å². The molecule has 25 heavy (non-hydrogen) atoms. The van der Waals surface area contributed by atoms with Crippen molar-refractivity contribution in [2.24, 2.45) is 11.7 Å². The van der Waals surface area contributed by atoms with E-state index in [0.717, 1.165) is 37.9 Å². The van der Waals surface area contributed by atoms with Crippen molar-refractivity contribution in [1.82, 2.24) is 10.2 Å². The van der Waals surface area contributed by atoms with Crippen LogP contribution < -0.4 is 16.0 Å². The summed E-state index contributed by atoms with van der Waals surface area (Å²) >= 11 is 0. The third-order valence-electron chi connectivity index (χ3n) is 5.04. The van der Waals surface area contributed by atoms with Crippen molar-refractivity contribution in [2.75, 3.05) is 31.1 Å². The molecule has 0 spiro atoms. The second-order valence-electron chi connectivity index (χ2n) is 6.90. The number of likely N-dealkylation sites (tertiary alicyclic amines) is 1. The quantitative estimate of drug-likeness (QED) is 0.873. The molecular formula is C18H25FN4O2. The van der Waals surface area contributed by atoms with Crippen molar-refractivity contribution >= 4 is 17.6 Å². The van der Waals surface area contributed by atoms with Crippen LogP contribution in [0.2, 0.25) is 0 Å². The van der Waals surface area contributed by atoms with E-state index in [1.54, 1.807) is 6.07 Å². The smallest absolute Gasteiger partial charge is 0.314 e. The Morgan fingerprint density at radius 2 is 1.96 bits per heavy atom. The first kappa shape index (κ1) is 17.5. The summed E-state index contributed by atoms with van der Waals surface area (Å²) in [5.74, 6) is -0.472. The zero-order valence-corrected chi connectivity index (χ0v) is 14.3. The summed E-state index contributed by atoms with van der Waals surface area (Å²) in [5.41, 5.74) is 6.17. The van der Waals surface area contributed by atoms with E-state index in [9.17, 15) is 14.0 Å². The van der Waals surface area contributed by atoms with Crippen molar-refractivity contribution in [2.45, 2.75) is 31.7 Å². The van der Waals surface area contributed by atoms with E-state index in [1.165, 1.54) is 17.0 Å². The van der Waals surface area contributed by atoms with Crippen molar-refractivity contribution < 1.29 is 14.0 Å². The molecule has 6 nitrogen and oxygen atoms in total. The minimum Gasteiger partial charge on any atom is -0.369 e. The van der Waals surface area contributed by atoms with Gasteiger partial charge in [-0.3, -0.25) is 4.79 Å². The number of urea groups is 1. The van der Waals surface area contributed by atoms with Crippen LogP contribution in [0.3, 0.4) is 0 Å². The van der Waals surface area contributed by atoms with Crippen LogP contribution in [0.5, 0.6) is 0 Å². The van der Waals surface area contributed by atoms with Gasteiger partial charge in [0.05, 0.1) is 5.92 Å². The summed E-state index contributed by atoms with van der Waals surface area (Å²) < 4.78 is 13.4. The highest BCUT2D eigenvalue weighted by Crippen LogP contribution is 2.22. The zero-order valence-electron chi connectivity index (χ0n) is 14.3. The molecule has 2 saturated heterocycles. The van der Waals surface area contributed by atoms with Crippen LogP contribution in [-0.2, 0) is 4.79 Å². The normalized spacial score (nSPS) is 24.0. The monoisotopic (exact) mass is 348 g/mol. The molecule has 1 aromatic rings. The van der Waals surface area contributed by atoms with Crippen LogP contribution in [0.1, 0.15) is 25.7 Å². The number of carbonyl (C=O) groups is 2. The van der Waals surface area contributed by atoms with E-state index in [2.05, 4.69) is 10.2 Å². The molecule has 2 aliphatic rings. The van der Waals surface area contributed by atoms with Gasteiger partial charge in [-0.25, -0.2) is 9.18 Å². The molecule has 1 aromatic carbocycles. The summed E-state index contributed by atoms with van der Waals surface area (Å²) in [6, 6.07) is 6.11. The number of primary amides is 1. The average Bonchev–Trinajstić information content (AvgIpc) is 2.62. The Morgan fingerprint density at radius 1 is 1.16 bits per heavy atom. The molecule has 0 radical (unpaired) electrons. The third kappa shape index (κ3) is 4.41. The molecule has 0 bridgehead atoms. The third-order valence-corrected chi connectivity index (χ3v) is 5.04. The van der Waals surface area contributed by atoms with Crippen molar-refractivity contribution in [1.29, 1.82) is 0 Å². The molecule has 2 heterocycles. The number of hydrogen-bond donors (Lipinski definition) is 2. The van der Waals surface area contributed by atoms with Gasteiger partial charge in [0, 0.05) is 37.9 Å². The number of halogens is 1. The Morgan fingerprint density at radius 3 is 2.72 bits per heavy atom. The molecule has 2 atom stereocenters. The number of nitrogens with one attached hydrogen (secondary N) is 1. The molecule has 7 heteroatoms. The summed E-state index contributed by atoms with van der Waals surface area (Å²) in [6.45, 7) is 2.54. The van der Waals surface area contributed by atoms with Gasteiger partial charge in [-0.1, -0.05) is 6.07 Å². The molecule has 2 aliphatic heterocycles. The van der Waals surface area contributed by atoms with Crippen LogP contribution in [0.15, 0.2) is 24.3 Å². The second kappa shape index (κ2) is 7.72. The summed E-state index contributed by atoms with van der Waals surface area (Å²) in [4.78, 5) is 27.5. The number of nitrogens with two attached hydrogens (primary N) is 1. The Bertz CT molecular complexity index is 639. The van der Waals surface area contributed by atoms with Gasteiger partial charge in [-0.15, -0.1) is 0 Å². The molecule has 2 fully saturated rings. The van der Waals surface area contributed by atoms with Crippen molar-refractivity contribution in [3.05, 3.63) is 30.1 Å².